The van der Waals surface area contributed by atoms with Crippen LogP contribution in [0.15, 0.2) is 22.8 Å². The first-order valence-electron chi connectivity index (χ1n) is 4.45. The predicted octanol–water partition coefficient (Wildman–Crippen LogP) is 2.60. The molecule has 0 unspecified atom stereocenters. The Labute approximate surface area is 81.9 Å². The summed E-state index contributed by atoms with van der Waals surface area (Å²) in [4.78, 5) is 0. The summed E-state index contributed by atoms with van der Waals surface area (Å²) in [5.74, 6) is -1.14. The Morgan fingerprint density at radius 1 is 1.50 bits per heavy atom. The van der Waals surface area contributed by atoms with Gasteiger partial charge < -0.3 is 9.84 Å². The van der Waals surface area contributed by atoms with Crippen molar-refractivity contribution in [2.24, 2.45) is 0 Å². The first-order valence-corrected chi connectivity index (χ1v) is 4.45. The van der Waals surface area contributed by atoms with E-state index >= 15 is 0 Å². The minimum absolute atomic E-state index is 0.153. The smallest absolute Gasteiger partial charge is 0.208 e. The minimum atomic E-state index is -1.63. The molecular formula is C10H14F2O2. The van der Waals surface area contributed by atoms with Gasteiger partial charge in [0.2, 0.25) is 6.29 Å². The van der Waals surface area contributed by atoms with E-state index in [1.165, 1.54) is 6.92 Å². The molecule has 0 aromatic carbocycles. The maximum absolute atomic E-state index is 13.4. The summed E-state index contributed by atoms with van der Waals surface area (Å²) >= 11 is 0. The molecule has 2 atom stereocenters. The minimum Gasteiger partial charge on any atom is -0.362 e. The molecule has 0 fully saturated rings. The zero-order valence-corrected chi connectivity index (χ0v) is 8.47. The van der Waals surface area contributed by atoms with Crippen LogP contribution in [-0.4, -0.2) is 17.5 Å². The fraction of sp³-hybridized carbons (Fsp3) is 0.600. The number of ether oxygens (including phenoxy) is 1. The van der Waals surface area contributed by atoms with E-state index in [9.17, 15) is 8.78 Å². The molecule has 4 heteroatoms. The highest BCUT2D eigenvalue weighted by atomic mass is 19.1. The quantitative estimate of drug-likeness (QED) is 0.711. The van der Waals surface area contributed by atoms with Gasteiger partial charge in [-0.15, -0.1) is 0 Å². The van der Waals surface area contributed by atoms with Crippen molar-refractivity contribution in [3.05, 3.63) is 22.8 Å². The first kappa shape index (κ1) is 11.3. The van der Waals surface area contributed by atoms with Crippen molar-refractivity contribution in [2.45, 2.75) is 39.6 Å². The second-order valence-corrected chi connectivity index (χ2v) is 3.66. The molecule has 0 radical (unpaired) electrons. The molecule has 0 spiro atoms. The largest absolute Gasteiger partial charge is 0.362 e. The van der Waals surface area contributed by atoms with Gasteiger partial charge >= 0.3 is 0 Å². The zero-order valence-electron chi connectivity index (χ0n) is 8.47. The van der Waals surface area contributed by atoms with Crippen LogP contribution in [0.3, 0.4) is 0 Å². The summed E-state index contributed by atoms with van der Waals surface area (Å²) in [6.45, 7) is 4.73. The molecule has 1 heterocycles. The number of hydrogen-bond donors (Lipinski definition) is 1. The Kier molecular flexibility index (Phi) is 3.39. The first-order chi connectivity index (χ1) is 6.43. The Morgan fingerprint density at radius 3 is 2.50 bits per heavy atom. The molecule has 0 saturated heterocycles. The molecule has 14 heavy (non-hydrogen) atoms. The number of hydrogen-bond acceptors (Lipinski definition) is 2. The summed E-state index contributed by atoms with van der Waals surface area (Å²) in [6.07, 6.45) is -2.33. The van der Waals surface area contributed by atoms with E-state index in [2.05, 4.69) is 0 Å². The van der Waals surface area contributed by atoms with E-state index in [1.807, 2.05) is 0 Å². The standard InChI is InChI=1S/C10H14F2O2/c1-5(2)8(11)7-4-6(3)9(12)10(13)14-7/h7,10,13H,4H2,1-3H3/t7-,10+/m1/s1. The number of rotatable bonds is 1. The van der Waals surface area contributed by atoms with E-state index in [0.717, 1.165) is 0 Å². The van der Waals surface area contributed by atoms with Gasteiger partial charge in [-0.3, -0.25) is 0 Å². The average molecular weight is 204 g/mol. The second-order valence-electron chi connectivity index (χ2n) is 3.66. The molecule has 1 aliphatic rings. The molecule has 1 rings (SSSR count). The van der Waals surface area contributed by atoms with E-state index < -0.39 is 24.0 Å². The van der Waals surface area contributed by atoms with Crippen molar-refractivity contribution in [1.82, 2.24) is 0 Å². The third kappa shape index (κ3) is 2.19. The Hall–Kier alpha value is -0.740. The van der Waals surface area contributed by atoms with E-state index in [4.69, 9.17) is 9.84 Å². The third-order valence-corrected chi connectivity index (χ3v) is 2.17. The van der Waals surface area contributed by atoms with Crippen molar-refractivity contribution in [3.63, 3.8) is 0 Å². The van der Waals surface area contributed by atoms with Crippen molar-refractivity contribution in [2.75, 3.05) is 0 Å². The van der Waals surface area contributed by atoms with Crippen LogP contribution in [0.1, 0.15) is 27.2 Å². The van der Waals surface area contributed by atoms with Crippen LogP contribution in [0.2, 0.25) is 0 Å². The Bertz CT molecular complexity index is 290. The maximum Gasteiger partial charge on any atom is 0.208 e. The van der Waals surface area contributed by atoms with Crippen LogP contribution in [0, 0.1) is 0 Å². The number of allylic oxidation sites excluding steroid dienone is 1. The van der Waals surface area contributed by atoms with Gasteiger partial charge in [-0.1, -0.05) is 0 Å². The van der Waals surface area contributed by atoms with Crippen LogP contribution in [0.25, 0.3) is 0 Å². The van der Waals surface area contributed by atoms with Crippen LogP contribution >= 0.6 is 0 Å². The summed E-state index contributed by atoms with van der Waals surface area (Å²) in [5.41, 5.74) is 0.822. The summed E-state index contributed by atoms with van der Waals surface area (Å²) in [7, 11) is 0. The van der Waals surface area contributed by atoms with Gasteiger partial charge in [0.15, 0.2) is 5.83 Å². The maximum atomic E-state index is 13.4. The highest BCUT2D eigenvalue weighted by Crippen LogP contribution is 2.30. The van der Waals surface area contributed by atoms with Crippen LogP contribution in [0.4, 0.5) is 8.78 Å². The summed E-state index contributed by atoms with van der Waals surface area (Å²) < 4.78 is 31.1. The van der Waals surface area contributed by atoms with Gasteiger partial charge in [-0.2, -0.15) is 0 Å². The van der Waals surface area contributed by atoms with Crippen molar-refractivity contribution in [1.29, 1.82) is 0 Å². The van der Waals surface area contributed by atoms with Gasteiger partial charge in [-0.25, -0.2) is 8.78 Å². The normalized spacial score (nSPS) is 27.9. The monoisotopic (exact) mass is 204 g/mol. The lowest BCUT2D eigenvalue weighted by Crippen LogP contribution is -2.29. The fourth-order valence-corrected chi connectivity index (χ4v) is 1.32. The molecule has 1 N–H and O–H groups in total. The molecule has 0 aliphatic carbocycles. The van der Waals surface area contributed by atoms with Gasteiger partial charge in [0.1, 0.15) is 11.9 Å². The molecule has 80 valence electrons. The molecule has 0 saturated carbocycles. The van der Waals surface area contributed by atoms with Gasteiger partial charge in [-0.05, 0) is 31.9 Å². The lowest BCUT2D eigenvalue weighted by atomic mass is 10.0. The van der Waals surface area contributed by atoms with Crippen molar-refractivity contribution in [3.8, 4) is 0 Å². The van der Waals surface area contributed by atoms with Gasteiger partial charge in [0.05, 0.1) is 0 Å². The predicted molar refractivity (Wildman–Crippen MR) is 48.8 cm³/mol. The summed E-state index contributed by atoms with van der Waals surface area (Å²) in [6, 6.07) is 0. The Balaban J connectivity index is 2.86. The van der Waals surface area contributed by atoms with E-state index in [1.54, 1.807) is 13.8 Å². The molecule has 0 aromatic heterocycles. The third-order valence-electron chi connectivity index (χ3n) is 2.17. The molecule has 0 aromatic rings. The average Bonchev–Trinajstić information content (AvgIpc) is 2.12. The zero-order chi connectivity index (χ0) is 10.9. The van der Waals surface area contributed by atoms with Gasteiger partial charge in [0.25, 0.3) is 0 Å². The van der Waals surface area contributed by atoms with E-state index in [0.29, 0.717) is 11.1 Å². The SMILES string of the molecule is CC(C)=C(F)[C@H]1CC(C)=C(F)[C@@H](O)O1. The lowest BCUT2D eigenvalue weighted by molar-refractivity contribution is -0.126. The van der Waals surface area contributed by atoms with Crippen LogP contribution < -0.4 is 0 Å². The molecule has 2 nitrogen and oxygen atoms in total. The van der Waals surface area contributed by atoms with Crippen LogP contribution in [-0.2, 0) is 4.74 Å². The fourth-order valence-electron chi connectivity index (χ4n) is 1.32. The molecule has 0 amide bonds. The number of halogens is 2. The molecular weight excluding hydrogens is 190 g/mol. The van der Waals surface area contributed by atoms with Crippen LogP contribution in [0.5, 0.6) is 0 Å². The highest BCUT2D eigenvalue weighted by Gasteiger charge is 2.29. The highest BCUT2D eigenvalue weighted by molar-refractivity contribution is 5.18. The van der Waals surface area contributed by atoms with Crippen molar-refractivity contribution < 1.29 is 18.6 Å². The second kappa shape index (κ2) is 4.19. The lowest BCUT2D eigenvalue weighted by Gasteiger charge is -2.26. The molecule has 1 aliphatic heterocycles. The topological polar surface area (TPSA) is 29.5 Å². The van der Waals surface area contributed by atoms with Crippen molar-refractivity contribution >= 4 is 0 Å². The number of aliphatic hydroxyl groups is 1. The molecule has 0 bridgehead atoms. The van der Waals surface area contributed by atoms with E-state index in [-0.39, 0.29) is 6.42 Å². The Morgan fingerprint density at radius 2 is 2.07 bits per heavy atom. The van der Waals surface area contributed by atoms with Gasteiger partial charge in [0, 0.05) is 6.42 Å². The summed E-state index contributed by atoms with van der Waals surface area (Å²) in [5, 5.41) is 9.10. The number of aliphatic hydroxyl groups excluding tert-OH is 1.